The lowest BCUT2D eigenvalue weighted by atomic mass is 10.3. The molecule has 0 aromatic heterocycles. The molecule has 0 heterocycles. The summed E-state index contributed by atoms with van der Waals surface area (Å²) in [5.74, 6) is -0.736. The number of rotatable bonds is 7. The highest BCUT2D eigenvalue weighted by Crippen LogP contribution is 2.26. The predicted molar refractivity (Wildman–Crippen MR) is 78.8 cm³/mol. The monoisotopic (exact) mass is 323 g/mol. The van der Waals surface area contributed by atoms with Gasteiger partial charge < -0.3 is 10.6 Å². The average Bonchev–Trinajstić information content (AvgIpc) is 2.32. The molecule has 20 heavy (non-hydrogen) atoms. The molecule has 114 valence electrons. The summed E-state index contributed by atoms with van der Waals surface area (Å²) in [4.78, 5) is 1.82. The van der Waals surface area contributed by atoms with E-state index in [1.807, 2.05) is 19.0 Å². The van der Waals surface area contributed by atoms with Crippen LogP contribution in [0.5, 0.6) is 0 Å². The third kappa shape index (κ3) is 4.90. The first kappa shape index (κ1) is 17.2. The molecule has 0 spiro atoms. The Hall–Kier alpha value is -0.890. The SMILES string of the molecule is CN(C)CCCCNS(=O)(=O)c1cc(N)c(F)cc1Cl. The molecule has 1 rings (SSSR count). The quantitative estimate of drug-likeness (QED) is 0.591. The smallest absolute Gasteiger partial charge is 0.242 e. The Labute approximate surface area is 124 Å². The van der Waals surface area contributed by atoms with Crippen LogP contribution in [-0.2, 0) is 10.0 Å². The van der Waals surface area contributed by atoms with Crippen molar-refractivity contribution < 1.29 is 12.8 Å². The number of sulfonamides is 1. The minimum Gasteiger partial charge on any atom is -0.396 e. The van der Waals surface area contributed by atoms with Crippen LogP contribution in [0.4, 0.5) is 10.1 Å². The largest absolute Gasteiger partial charge is 0.396 e. The average molecular weight is 324 g/mol. The van der Waals surface area contributed by atoms with E-state index in [2.05, 4.69) is 4.72 Å². The molecule has 0 unspecified atom stereocenters. The van der Waals surface area contributed by atoms with E-state index in [9.17, 15) is 12.8 Å². The van der Waals surface area contributed by atoms with Gasteiger partial charge in [-0.25, -0.2) is 17.5 Å². The maximum atomic E-state index is 13.1. The first-order valence-electron chi connectivity index (χ1n) is 6.13. The second-order valence-electron chi connectivity index (χ2n) is 4.71. The number of unbranched alkanes of at least 4 members (excludes halogenated alkanes) is 1. The summed E-state index contributed by atoms with van der Waals surface area (Å²) in [6.45, 7) is 1.18. The summed E-state index contributed by atoms with van der Waals surface area (Å²) in [5, 5.41) is -0.183. The summed E-state index contributed by atoms with van der Waals surface area (Å²) in [6.07, 6.45) is 1.57. The Morgan fingerprint density at radius 3 is 2.60 bits per heavy atom. The molecule has 0 fully saturated rings. The molecule has 8 heteroatoms. The van der Waals surface area contributed by atoms with Crippen LogP contribution < -0.4 is 10.5 Å². The fourth-order valence-electron chi connectivity index (χ4n) is 1.59. The van der Waals surface area contributed by atoms with Gasteiger partial charge in [0.05, 0.1) is 10.7 Å². The second kappa shape index (κ2) is 7.21. The van der Waals surface area contributed by atoms with Crippen molar-refractivity contribution in [1.29, 1.82) is 0 Å². The first-order chi connectivity index (χ1) is 9.24. The number of nitrogens with zero attached hydrogens (tertiary/aromatic N) is 1. The van der Waals surface area contributed by atoms with Gasteiger partial charge in [-0.1, -0.05) is 11.6 Å². The highest BCUT2D eigenvalue weighted by atomic mass is 35.5. The fraction of sp³-hybridized carbons (Fsp3) is 0.500. The Morgan fingerprint density at radius 1 is 1.35 bits per heavy atom. The molecule has 3 N–H and O–H groups in total. The minimum absolute atomic E-state index is 0.183. The number of nitrogens with one attached hydrogen (secondary N) is 1. The molecule has 0 saturated carbocycles. The minimum atomic E-state index is -3.77. The van der Waals surface area contributed by atoms with Crippen LogP contribution >= 0.6 is 11.6 Å². The number of anilines is 1. The Morgan fingerprint density at radius 2 is 2.00 bits per heavy atom. The Bertz CT molecular complexity index is 564. The second-order valence-corrected chi connectivity index (χ2v) is 6.85. The van der Waals surface area contributed by atoms with E-state index >= 15 is 0 Å². The van der Waals surface area contributed by atoms with Crippen molar-refractivity contribution in [3.8, 4) is 0 Å². The Balaban J connectivity index is 2.68. The van der Waals surface area contributed by atoms with Gasteiger partial charge in [0, 0.05) is 6.54 Å². The number of nitrogens with two attached hydrogens (primary N) is 1. The van der Waals surface area contributed by atoms with Gasteiger partial charge >= 0.3 is 0 Å². The first-order valence-corrected chi connectivity index (χ1v) is 7.99. The molecule has 1 aromatic rings. The van der Waals surface area contributed by atoms with E-state index in [1.165, 1.54) is 0 Å². The van der Waals surface area contributed by atoms with E-state index < -0.39 is 15.8 Å². The van der Waals surface area contributed by atoms with E-state index in [0.29, 0.717) is 13.0 Å². The maximum absolute atomic E-state index is 13.1. The van der Waals surface area contributed by atoms with Crippen LogP contribution in [0.15, 0.2) is 17.0 Å². The molecule has 1 aromatic carbocycles. The molecule has 0 aliphatic rings. The van der Waals surface area contributed by atoms with E-state index in [0.717, 1.165) is 25.1 Å². The van der Waals surface area contributed by atoms with Gasteiger partial charge in [-0.15, -0.1) is 0 Å². The number of nitrogen functional groups attached to an aromatic ring is 1. The van der Waals surface area contributed by atoms with Gasteiger partial charge in [0.25, 0.3) is 0 Å². The van der Waals surface area contributed by atoms with Crippen molar-refractivity contribution in [3.63, 3.8) is 0 Å². The maximum Gasteiger partial charge on any atom is 0.242 e. The number of benzene rings is 1. The highest BCUT2D eigenvalue weighted by Gasteiger charge is 2.19. The Kier molecular flexibility index (Phi) is 6.19. The van der Waals surface area contributed by atoms with Crippen LogP contribution in [0.3, 0.4) is 0 Å². The van der Waals surface area contributed by atoms with Crippen LogP contribution in [0, 0.1) is 5.82 Å². The van der Waals surface area contributed by atoms with E-state index in [1.54, 1.807) is 0 Å². The molecule has 0 bridgehead atoms. The summed E-state index contributed by atoms with van der Waals surface area (Å²) in [7, 11) is 0.126. The molecular weight excluding hydrogens is 305 g/mol. The van der Waals surface area contributed by atoms with Crippen molar-refractivity contribution in [2.75, 3.05) is 32.9 Å². The fourth-order valence-corrected chi connectivity index (χ4v) is 3.21. The normalized spacial score (nSPS) is 12.1. The van der Waals surface area contributed by atoms with Gasteiger partial charge in [-0.05, 0) is 45.6 Å². The van der Waals surface area contributed by atoms with Gasteiger partial charge in [-0.3, -0.25) is 0 Å². The lowest BCUT2D eigenvalue weighted by molar-refractivity contribution is 0.394. The molecule has 0 atom stereocenters. The molecule has 0 saturated heterocycles. The van der Waals surface area contributed by atoms with E-state index in [-0.39, 0.29) is 15.6 Å². The topological polar surface area (TPSA) is 75.4 Å². The summed E-state index contributed by atoms with van der Waals surface area (Å²) in [6, 6.07) is 1.93. The summed E-state index contributed by atoms with van der Waals surface area (Å²) >= 11 is 5.75. The molecule has 0 radical (unpaired) electrons. The zero-order valence-corrected chi connectivity index (χ0v) is 13.1. The molecule has 0 aliphatic heterocycles. The van der Waals surface area contributed by atoms with Gasteiger partial charge in [0.1, 0.15) is 10.7 Å². The van der Waals surface area contributed by atoms with Crippen LogP contribution in [0.25, 0.3) is 0 Å². The number of hydrogen-bond acceptors (Lipinski definition) is 4. The van der Waals surface area contributed by atoms with E-state index in [4.69, 9.17) is 17.3 Å². The third-order valence-corrected chi connectivity index (χ3v) is 4.59. The van der Waals surface area contributed by atoms with Crippen molar-refractivity contribution in [2.24, 2.45) is 0 Å². The summed E-state index contributed by atoms with van der Waals surface area (Å²) < 4.78 is 39.6. The van der Waals surface area contributed by atoms with Crippen LogP contribution in [0.1, 0.15) is 12.8 Å². The lowest BCUT2D eigenvalue weighted by Crippen LogP contribution is -2.26. The van der Waals surface area contributed by atoms with Crippen LogP contribution in [-0.4, -0.2) is 40.5 Å². The van der Waals surface area contributed by atoms with Crippen molar-refractivity contribution >= 4 is 27.3 Å². The molecular formula is C12H19ClFN3O2S. The van der Waals surface area contributed by atoms with Gasteiger partial charge in [-0.2, -0.15) is 0 Å². The molecule has 5 nitrogen and oxygen atoms in total. The summed E-state index contributed by atoms with van der Waals surface area (Å²) in [5.41, 5.74) is 5.12. The van der Waals surface area contributed by atoms with Crippen molar-refractivity contribution in [1.82, 2.24) is 9.62 Å². The predicted octanol–water partition coefficient (Wildman–Crippen LogP) is 1.68. The lowest BCUT2D eigenvalue weighted by Gasteiger charge is -2.11. The molecule has 0 aliphatic carbocycles. The van der Waals surface area contributed by atoms with Crippen molar-refractivity contribution in [2.45, 2.75) is 17.7 Å². The zero-order valence-electron chi connectivity index (χ0n) is 11.5. The standard InChI is InChI=1S/C12H19ClFN3O2S/c1-17(2)6-4-3-5-16-20(18,19)12-8-11(15)10(14)7-9(12)13/h7-8,16H,3-6,15H2,1-2H3. The van der Waals surface area contributed by atoms with Gasteiger partial charge in [0.2, 0.25) is 10.0 Å². The highest BCUT2D eigenvalue weighted by molar-refractivity contribution is 7.89. The third-order valence-electron chi connectivity index (χ3n) is 2.66. The van der Waals surface area contributed by atoms with Crippen LogP contribution in [0.2, 0.25) is 5.02 Å². The zero-order chi connectivity index (χ0) is 15.3. The van der Waals surface area contributed by atoms with Gasteiger partial charge in [0.15, 0.2) is 0 Å². The van der Waals surface area contributed by atoms with Crippen molar-refractivity contribution in [3.05, 3.63) is 23.0 Å². The number of halogens is 2. The number of hydrogen-bond donors (Lipinski definition) is 2. The molecule has 0 amide bonds.